The second kappa shape index (κ2) is 7.13. The number of nitrogens with zero attached hydrogens (tertiary/aromatic N) is 6. The smallest absolute Gasteiger partial charge is 0.173 e. The second-order valence-corrected chi connectivity index (χ2v) is 6.87. The van der Waals surface area contributed by atoms with Gasteiger partial charge in [0.25, 0.3) is 0 Å². The van der Waals surface area contributed by atoms with E-state index < -0.39 is 0 Å². The fraction of sp³-hybridized carbons (Fsp3) is 0.158. The van der Waals surface area contributed by atoms with Crippen molar-refractivity contribution in [2.45, 2.75) is 24.8 Å². The summed E-state index contributed by atoms with van der Waals surface area (Å²) in [5, 5.41) is 13.0. The van der Waals surface area contributed by atoms with Crippen molar-refractivity contribution in [1.29, 1.82) is 0 Å². The molecule has 0 aliphatic heterocycles. The van der Waals surface area contributed by atoms with Crippen LogP contribution in [0.25, 0.3) is 11.4 Å². The molecule has 7 heteroatoms. The molecule has 4 rings (SSSR count). The predicted molar refractivity (Wildman–Crippen MR) is 102 cm³/mol. The van der Waals surface area contributed by atoms with E-state index in [9.17, 15) is 0 Å². The van der Waals surface area contributed by atoms with Crippen LogP contribution in [0.1, 0.15) is 17.0 Å². The van der Waals surface area contributed by atoms with Crippen LogP contribution in [0.15, 0.2) is 66.1 Å². The van der Waals surface area contributed by atoms with Gasteiger partial charge in [-0.15, -0.1) is 5.10 Å². The van der Waals surface area contributed by atoms with Gasteiger partial charge in [-0.05, 0) is 53.6 Å². The Morgan fingerprint density at radius 1 is 1.00 bits per heavy atom. The minimum atomic E-state index is 0.629. The molecule has 26 heavy (non-hydrogen) atoms. The van der Waals surface area contributed by atoms with E-state index in [2.05, 4.69) is 57.1 Å². The van der Waals surface area contributed by atoms with E-state index in [0.29, 0.717) is 5.75 Å². The highest BCUT2D eigenvalue weighted by molar-refractivity contribution is 7.98. The molecule has 0 bridgehead atoms. The van der Waals surface area contributed by atoms with Crippen molar-refractivity contribution in [3.05, 3.63) is 77.9 Å². The molecule has 0 radical (unpaired) electrons. The molecule has 2 aromatic carbocycles. The predicted octanol–water partition coefficient (Wildman–Crippen LogP) is 3.76. The van der Waals surface area contributed by atoms with E-state index in [1.165, 1.54) is 11.1 Å². The molecule has 0 fully saturated rings. The first-order valence-corrected chi connectivity index (χ1v) is 9.28. The minimum Gasteiger partial charge on any atom is -0.295 e. The lowest BCUT2D eigenvalue weighted by atomic mass is 10.1. The third-order valence-electron chi connectivity index (χ3n) is 4.31. The number of rotatable bonds is 5. The number of tetrazole rings is 1. The summed E-state index contributed by atoms with van der Waals surface area (Å²) in [4.78, 5) is 4.51. The fourth-order valence-corrected chi connectivity index (χ4v) is 3.64. The summed E-state index contributed by atoms with van der Waals surface area (Å²) in [6.45, 7) is 4.26. The Bertz CT molecular complexity index is 1020. The first-order chi connectivity index (χ1) is 12.7. The van der Waals surface area contributed by atoms with E-state index in [-0.39, 0.29) is 0 Å². The zero-order valence-electron chi connectivity index (χ0n) is 14.6. The summed E-state index contributed by atoms with van der Waals surface area (Å²) >= 11 is 1.62. The van der Waals surface area contributed by atoms with Gasteiger partial charge in [-0.1, -0.05) is 42.1 Å². The zero-order valence-corrected chi connectivity index (χ0v) is 15.4. The monoisotopic (exact) mass is 362 g/mol. The molecular formula is C19H18N6S. The van der Waals surface area contributed by atoms with E-state index in [0.717, 1.165) is 22.4 Å². The summed E-state index contributed by atoms with van der Waals surface area (Å²) in [7, 11) is 0. The normalized spacial score (nSPS) is 11.0. The van der Waals surface area contributed by atoms with Crippen LogP contribution in [0.5, 0.6) is 0 Å². The molecule has 0 N–H and O–H groups in total. The Balaban J connectivity index is 1.59. The Morgan fingerprint density at radius 3 is 2.69 bits per heavy atom. The van der Waals surface area contributed by atoms with Crippen LogP contribution in [-0.2, 0) is 5.75 Å². The molecule has 4 aromatic rings. The summed E-state index contributed by atoms with van der Waals surface area (Å²) in [6, 6.07) is 16.2. The molecule has 0 unspecified atom stereocenters. The first kappa shape index (κ1) is 16.5. The highest BCUT2D eigenvalue weighted by Gasteiger charge is 2.13. The van der Waals surface area contributed by atoms with Gasteiger partial charge in [-0.25, -0.2) is 4.98 Å². The van der Waals surface area contributed by atoms with Crippen LogP contribution < -0.4 is 0 Å². The van der Waals surface area contributed by atoms with Gasteiger partial charge in [0.05, 0.1) is 17.1 Å². The van der Waals surface area contributed by atoms with Crippen LogP contribution in [0, 0.1) is 13.8 Å². The standard InChI is InChI=1S/C19H18N6S/c1-14-7-6-10-17(15(14)2)24-12-11-20-19(24)26-13-18-21-22-23-25(18)16-8-4-3-5-9-16/h3-12H,13H2,1-2H3. The number of hydrogen-bond acceptors (Lipinski definition) is 5. The number of hydrogen-bond donors (Lipinski definition) is 0. The van der Waals surface area contributed by atoms with Gasteiger partial charge in [0.2, 0.25) is 0 Å². The molecule has 0 aliphatic carbocycles. The molecule has 0 amide bonds. The van der Waals surface area contributed by atoms with Crippen LogP contribution in [-0.4, -0.2) is 29.8 Å². The number of imidazole rings is 1. The molecule has 0 atom stereocenters. The minimum absolute atomic E-state index is 0.629. The number of aromatic nitrogens is 6. The van der Waals surface area contributed by atoms with Gasteiger partial charge in [-0.3, -0.25) is 4.57 Å². The van der Waals surface area contributed by atoms with Gasteiger partial charge in [0.1, 0.15) is 0 Å². The van der Waals surface area contributed by atoms with Crippen LogP contribution >= 0.6 is 11.8 Å². The molecular weight excluding hydrogens is 344 g/mol. The molecule has 0 saturated carbocycles. The third-order valence-corrected chi connectivity index (χ3v) is 5.27. The van der Waals surface area contributed by atoms with Gasteiger partial charge in [-0.2, -0.15) is 4.68 Å². The summed E-state index contributed by atoms with van der Waals surface area (Å²) in [6.07, 6.45) is 3.81. The molecule has 2 heterocycles. The second-order valence-electron chi connectivity index (χ2n) is 5.93. The fourth-order valence-electron chi connectivity index (χ4n) is 2.77. The largest absolute Gasteiger partial charge is 0.295 e. The average Bonchev–Trinajstić information content (AvgIpc) is 3.32. The van der Waals surface area contributed by atoms with Crippen molar-refractivity contribution >= 4 is 11.8 Å². The van der Waals surface area contributed by atoms with Crippen molar-refractivity contribution in [2.75, 3.05) is 0 Å². The van der Waals surface area contributed by atoms with Crippen molar-refractivity contribution in [2.24, 2.45) is 0 Å². The van der Waals surface area contributed by atoms with Gasteiger partial charge in [0.15, 0.2) is 11.0 Å². The van der Waals surface area contributed by atoms with E-state index in [1.807, 2.05) is 42.7 Å². The zero-order chi connectivity index (χ0) is 17.9. The molecule has 130 valence electrons. The van der Waals surface area contributed by atoms with Crippen molar-refractivity contribution in [3.8, 4) is 11.4 Å². The molecule has 6 nitrogen and oxygen atoms in total. The SMILES string of the molecule is Cc1cccc(-n2ccnc2SCc2nnnn2-c2ccccc2)c1C. The number of aryl methyl sites for hydroxylation is 1. The van der Waals surface area contributed by atoms with E-state index in [4.69, 9.17) is 0 Å². The Hall–Kier alpha value is -2.93. The lowest BCUT2D eigenvalue weighted by Crippen LogP contribution is -2.03. The summed E-state index contributed by atoms with van der Waals surface area (Å²) in [5.74, 6) is 1.42. The van der Waals surface area contributed by atoms with Crippen LogP contribution in [0.4, 0.5) is 0 Å². The van der Waals surface area contributed by atoms with E-state index in [1.54, 1.807) is 16.4 Å². The maximum absolute atomic E-state index is 4.51. The van der Waals surface area contributed by atoms with Crippen LogP contribution in [0.3, 0.4) is 0 Å². The maximum Gasteiger partial charge on any atom is 0.173 e. The quantitative estimate of drug-likeness (QED) is 0.506. The number of thioether (sulfide) groups is 1. The number of para-hydroxylation sites is 1. The summed E-state index contributed by atoms with van der Waals surface area (Å²) < 4.78 is 3.88. The van der Waals surface area contributed by atoms with Crippen molar-refractivity contribution < 1.29 is 0 Å². The van der Waals surface area contributed by atoms with Crippen LogP contribution in [0.2, 0.25) is 0 Å². The average molecular weight is 362 g/mol. The molecule has 0 aliphatic rings. The van der Waals surface area contributed by atoms with Crippen molar-refractivity contribution in [3.63, 3.8) is 0 Å². The highest BCUT2D eigenvalue weighted by Crippen LogP contribution is 2.26. The van der Waals surface area contributed by atoms with Crippen molar-refractivity contribution in [1.82, 2.24) is 29.8 Å². The van der Waals surface area contributed by atoms with Gasteiger partial charge >= 0.3 is 0 Å². The third kappa shape index (κ3) is 3.13. The lowest BCUT2D eigenvalue weighted by Gasteiger charge is -2.12. The molecule has 0 saturated heterocycles. The highest BCUT2D eigenvalue weighted by atomic mass is 32.2. The molecule has 2 aromatic heterocycles. The molecule has 0 spiro atoms. The maximum atomic E-state index is 4.51. The van der Waals surface area contributed by atoms with E-state index >= 15 is 0 Å². The first-order valence-electron chi connectivity index (χ1n) is 8.29. The lowest BCUT2D eigenvalue weighted by molar-refractivity contribution is 0.777. The Morgan fingerprint density at radius 2 is 1.85 bits per heavy atom. The Labute approximate surface area is 155 Å². The summed E-state index contributed by atoms with van der Waals surface area (Å²) in [5.41, 5.74) is 4.61. The number of benzene rings is 2. The topological polar surface area (TPSA) is 61.4 Å². The van der Waals surface area contributed by atoms with Gasteiger partial charge < -0.3 is 0 Å². The van der Waals surface area contributed by atoms with Gasteiger partial charge in [0, 0.05) is 12.4 Å². The Kier molecular flexibility index (Phi) is 4.53.